The first kappa shape index (κ1) is 14.8. The van der Waals surface area contributed by atoms with Gasteiger partial charge in [0.25, 0.3) is 0 Å². The lowest BCUT2D eigenvalue weighted by molar-refractivity contribution is 0.0698. The Bertz CT molecular complexity index is 899. The molecule has 0 aliphatic carbocycles. The minimum absolute atomic E-state index is 0.121. The number of carboxylic acids is 1. The van der Waals surface area contributed by atoms with E-state index in [9.17, 15) is 4.79 Å². The van der Waals surface area contributed by atoms with Crippen LogP contribution in [0.1, 0.15) is 39.8 Å². The Labute approximate surface area is 138 Å². The first-order chi connectivity index (χ1) is 11.7. The maximum absolute atomic E-state index is 11.1. The number of aryl methyl sites for hydroxylation is 1. The first-order valence-corrected chi connectivity index (χ1v) is 7.98. The Balaban J connectivity index is 1.55. The zero-order valence-electron chi connectivity index (χ0n) is 13.4. The molecule has 8 heteroatoms. The summed E-state index contributed by atoms with van der Waals surface area (Å²) in [5.41, 5.74) is 5.19. The summed E-state index contributed by atoms with van der Waals surface area (Å²) in [6, 6.07) is 0. The van der Waals surface area contributed by atoms with E-state index >= 15 is 0 Å². The van der Waals surface area contributed by atoms with Gasteiger partial charge < -0.3 is 5.11 Å². The normalized spacial score (nSPS) is 14.9. The number of aromatic nitrogens is 5. The molecule has 0 atom stereocenters. The molecule has 0 bridgehead atoms. The smallest absolute Gasteiger partial charge is 0.341 e. The molecule has 0 spiro atoms. The topological polar surface area (TPSA) is 99.4 Å². The second-order valence-corrected chi connectivity index (χ2v) is 6.04. The summed E-state index contributed by atoms with van der Waals surface area (Å²) in [6.45, 7) is 4.69. The highest BCUT2D eigenvalue weighted by atomic mass is 16.4. The molecule has 4 rings (SSSR count). The van der Waals surface area contributed by atoms with Crippen molar-refractivity contribution in [2.75, 3.05) is 6.54 Å². The molecule has 0 fully saturated rings. The zero-order valence-corrected chi connectivity index (χ0v) is 13.4. The Hall–Kier alpha value is -2.74. The Morgan fingerprint density at radius 2 is 2.29 bits per heavy atom. The van der Waals surface area contributed by atoms with Gasteiger partial charge in [-0.05, 0) is 6.42 Å². The maximum atomic E-state index is 11.1. The molecular weight excluding hydrogens is 308 g/mol. The fourth-order valence-electron chi connectivity index (χ4n) is 3.24. The van der Waals surface area contributed by atoms with Crippen molar-refractivity contribution >= 4 is 11.6 Å². The van der Waals surface area contributed by atoms with Gasteiger partial charge in [-0.1, -0.05) is 6.92 Å². The second kappa shape index (κ2) is 5.72. The number of hydrogen-bond donors (Lipinski definition) is 2. The van der Waals surface area contributed by atoms with E-state index in [0.29, 0.717) is 5.65 Å². The molecule has 3 aromatic rings. The van der Waals surface area contributed by atoms with Crippen molar-refractivity contribution in [3.05, 3.63) is 46.7 Å². The number of aromatic carboxylic acids is 1. The standard InChI is InChI=1S/C16H18N6O2/c1-2-13-12-9-21(4-3-14(12)20-19-13)7-10-5-17-15-11(16(23)24)6-18-22(15)8-10/h5-6,8H,2-4,7,9H2,1H3,(H,19,20)(H,23,24). The predicted octanol–water partition coefficient (Wildman–Crippen LogP) is 1.27. The molecule has 3 aromatic heterocycles. The van der Waals surface area contributed by atoms with E-state index in [0.717, 1.165) is 43.7 Å². The molecule has 2 N–H and O–H groups in total. The van der Waals surface area contributed by atoms with E-state index < -0.39 is 5.97 Å². The van der Waals surface area contributed by atoms with Gasteiger partial charge in [-0.25, -0.2) is 14.3 Å². The molecule has 0 unspecified atom stereocenters. The molecule has 4 heterocycles. The maximum Gasteiger partial charge on any atom is 0.341 e. The van der Waals surface area contributed by atoms with Crippen molar-refractivity contribution in [1.29, 1.82) is 0 Å². The van der Waals surface area contributed by atoms with Crippen LogP contribution < -0.4 is 0 Å². The summed E-state index contributed by atoms with van der Waals surface area (Å²) in [5.74, 6) is -1.01. The molecule has 1 aliphatic rings. The Morgan fingerprint density at radius 1 is 1.42 bits per heavy atom. The van der Waals surface area contributed by atoms with Gasteiger partial charge in [-0.3, -0.25) is 10.00 Å². The van der Waals surface area contributed by atoms with Crippen molar-refractivity contribution in [3.8, 4) is 0 Å². The molecule has 0 saturated heterocycles. The van der Waals surface area contributed by atoms with Crippen LogP contribution in [-0.2, 0) is 25.9 Å². The first-order valence-electron chi connectivity index (χ1n) is 7.98. The SMILES string of the molecule is CCc1n[nH]c2c1CN(Cc1cnc3c(C(=O)O)cnn3c1)CC2. The van der Waals surface area contributed by atoms with Gasteiger partial charge in [0.2, 0.25) is 0 Å². The van der Waals surface area contributed by atoms with Crippen LogP contribution in [0.25, 0.3) is 5.65 Å². The van der Waals surface area contributed by atoms with Crippen LogP contribution in [0.15, 0.2) is 18.6 Å². The third kappa shape index (κ3) is 2.44. The molecule has 8 nitrogen and oxygen atoms in total. The van der Waals surface area contributed by atoms with Crippen LogP contribution in [0.3, 0.4) is 0 Å². The predicted molar refractivity (Wildman–Crippen MR) is 85.7 cm³/mol. The molecule has 0 radical (unpaired) electrons. The highest BCUT2D eigenvalue weighted by Gasteiger charge is 2.21. The van der Waals surface area contributed by atoms with E-state index in [-0.39, 0.29) is 5.56 Å². The number of carbonyl (C=O) groups is 1. The lowest BCUT2D eigenvalue weighted by atomic mass is 10.0. The van der Waals surface area contributed by atoms with E-state index in [1.165, 1.54) is 22.0 Å². The number of fused-ring (bicyclic) bond motifs is 2. The summed E-state index contributed by atoms with van der Waals surface area (Å²) in [5, 5.41) is 20.7. The highest BCUT2D eigenvalue weighted by molar-refractivity contribution is 5.93. The van der Waals surface area contributed by atoms with Crippen molar-refractivity contribution in [1.82, 2.24) is 29.7 Å². The van der Waals surface area contributed by atoms with E-state index in [2.05, 4.69) is 32.1 Å². The largest absolute Gasteiger partial charge is 0.477 e. The highest BCUT2D eigenvalue weighted by Crippen LogP contribution is 2.22. The number of carboxylic acid groups (broad SMARTS) is 1. The van der Waals surface area contributed by atoms with Crippen molar-refractivity contribution in [2.24, 2.45) is 0 Å². The van der Waals surface area contributed by atoms with Gasteiger partial charge >= 0.3 is 5.97 Å². The number of nitrogens with one attached hydrogen (secondary N) is 1. The summed E-state index contributed by atoms with van der Waals surface area (Å²) in [7, 11) is 0. The van der Waals surface area contributed by atoms with E-state index in [1.54, 1.807) is 6.20 Å². The van der Waals surface area contributed by atoms with Gasteiger partial charge in [-0.15, -0.1) is 0 Å². The monoisotopic (exact) mass is 326 g/mol. The van der Waals surface area contributed by atoms with Crippen LogP contribution in [0.4, 0.5) is 0 Å². The van der Waals surface area contributed by atoms with Crippen molar-refractivity contribution < 1.29 is 9.90 Å². The Kier molecular flexibility index (Phi) is 3.53. The number of H-pyrrole nitrogens is 1. The summed E-state index contributed by atoms with van der Waals surface area (Å²) < 4.78 is 1.53. The summed E-state index contributed by atoms with van der Waals surface area (Å²) in [4.78, 5) is 17.7. The van der Waals surface area contributed by atoms with Crippen molar-refractivity contribution in [3.63, 3.8) is 0 Å². The quantitative estimate of drug-likeness (QED) is 0.749. The van der Waals surface area contributed by atoms with Crippen LogP contribution >= 0.6 is 0 Å². The van der Waals surface area contributed by atoms with E-state index in [4.69, 9.17) is 5.11 Å². The number of hydrogen-bond acceptors (Lipinski definition) is 5. The van der Waals surface area contributed by atoms with Gasteiger partial charge in [0.15, 0.2) is 5.65 Å². The average molecular weight is 326 g/mol. The third-order valence-corrected chi connectivity index (χ3v) is 4.48. The fraction of sp³-hybridized carbons (Fsp3) is 0.375. The Morgan fingerprint density at radius 3 is 3.08 bits per heavy atom. The molecule has 124 valence electrons. The van der Waals surface area contributed by atoms with Crippen LogP contribution in [0.2, 0.25) is 0 Å². The second-order valence-electron chi connectivity index (χ2n) is 6.04. The van der Waals surface area contributed by atoms with Gasteiger partial charge in [0.05, 0.1) is 11.9 Å². The fourth-order valence-corrected chi connectivity index (χ4v) is 3.24. The average Bonchev–Trinajstić information content (AvgIpc) is 3.17. The van der Waals surface area contributed by atoms with Crippen LogP contribution in [0.5, 0.6) is 0 Å². The zero-order chi connectivity index (χ0) is 16.7. The van der Waals surface area contributed by atoms with E-state index in [1.807, 2.05) is 6.20 Å². The molecule has 1 aliphatic heterocycles. The molecular formula is C16H18N6O2. The van der Waals surface area contributed by atoms with Gasteiger partial charge in [0.1, 0.15) is 5.56 Å². The minimum atomic E-state index is -1.01. The molecule has 24 heavy (non-hydrogen) atoms. The summed E-state index contributed by atoms with van der Waals surface area (Å²) in [6.07, 6.45) is 6.80. The molecule has 0 saturated carbocycles. The lowest BCUT2D eigenvalue weighted by Crippen LogP contribution is -2.30. The van der Waals surface area contributed by atoms with Gasteiger partial charge in [-0.2, -0.15) is 10.2 Å². The van der Waals surface area contributed by atoms with Crippen molar-refractivity contribution in [2.45, 2.75) is 32.9 Å². The number of nitrogens with zero attached hydrogens (tertiary/aromatic N) is 5. The molecule has 0 aromatic carbocycles. The summed E-state index contributed by atoms with van der Waals surface area (Å²) >= 11 is 0. The molecule has 0 amide bonds. The van der Waals surface area contributed by atoms with Crippen LogP contribution in [-0.4, -0.2) is 47.3 Å². The third-order valence-electron chi connectivity index (χ3n) is 4.48. The van der Waals surface area contributed by atoms with Crippen LogP contribution in [0, 0.1) is 0 Å². The number of rotatable bonds is 4. The van der Waals surface area contributed by atoms with Gasteiger partial charge in [0, 0.05) is 55.3 Å². The number of aromatic amines is 1. The minimum Gasteiger partial charge on any atom is -0.477 e. The lowest BCUT2D eigenvalue weighted by Gasteiger charge is -2.26.